The fourth-order valence-electron chi connectivity index (χ4n) is 5.24. The zero-order chi connectivity index (χ0) is 30.4. The molecule has 0 bridgehead atoms. The number of carboxylic acid groups (broad SMARTS) is 1. The van der Waals surface area contributed by atoms with Crippen molar-refractivity contribution in [1.29, 1.82) is 0 Å². The van der Waals surface area contributed by atoms with Crippen molar-refractivity contribution >= 4 is 17.0 Å². The number of aliphatic hydroxyl groups is 1. The highest BCUT2D eigenvalue weighted by Crippen LogP contribution is 2.29. The van der Waals surface area contributed by atoms with Crippen molar-refractivity contribution < 1.29 is 24.9 Å². The van der Waals surface area contributed by atoms with Crippen molar-refractivity contribution in [3.8, 4) is 11.5 Å². The smallest absolute Gasteiger partial charge is 0.405 e. The van der Waals surface area contributed by atoms with Crippen molar-refractivity contribution in [3.63, 3.8) is 0 Å². The van der Waals surface area contributed by atoms with E-state index in [0.717, 1.165) is 68.4 Å². The van der Waals surface area contributed by atoms with E-state index in [0.29, 0.717) is 29.6 Å². The molecule has 4 rings (SSSR count). The fourth-order valence-corrected chi connectivity index (χ4v) is 5.24. The normalized spacial score (nSPS) is 12.6. The zero-order valence-electron chi connectivity index (χ0n) is 24.3. The van der Waals surface area contributed by atoms with Gasteiger partial charge in [0.2, 0.25) is 5.56 Å². The largest absolute Gasteiger partial charge is 0.506 e. The molecule has 4 aromatic rings. The average molecular weight is 588 g/mol. The lowest BCUT2D eigenvalue weighted by molar-refractivity contribution is 0.176. The number of hydrogen-bond donors (Lipinski definition) is 6. The van der Waals surface area contributed by atoms with E-state index in [-0.39, 0.29) is 11.3 Å². The molecule has 0 aliphatic carbocycles. The SMILES string of the molecule is O=C(O)NC(c1ccccc1)c1cccc(OCCCCCCCCCNC[C@@H](O)c2ccc(O)c3[nH]c(=O)ccc23)c1. The summed E-state index contributed by atoms with van der Waals surface area (Å²) < 4.78 is 5.96. The van der Waals surface area contributed by atoms with Gasteiger partial charge in [-0.1, -0.05) is 80.6 Å². The quantitative estimate of drug-likeness (QED) is 0.0829. The molecular formula is C34H41N3O6. The molecule has 9 heteroatoms. The third-order valence-corrected chi connectivity index (χ3v) is 7.46. The monoisotopic (exact) mass is 587 g/mol. The van der Waals surface area contributed by atoms with Crippen LogP contribution in [0.2, 0.25) is 0 Å². The number of aromatic hydroxyl groups is 1. The van der Waals surface area contributed by atoms with Gasteiger partial charge in [0.15, 0.2) is 0 Å². The molecule has 0 aliphatic heterocycles. The summed E-state index contributed by atoms with van der Waals surface area (Å²) in [6.07, 6.45) is 5.82. The van der Waals surface area contributed by atoms with Crippen LogP contribution in [0.4, 0.5) is 4.79 Å². The van der Waals surface area contributed by atoms with Crippen LogP contribution in [0.15, 0.2) is 83.7 Å². The molecule has 0 radical (unpaired) electrons. The van der Waals surface area contributed by atoms with Crippen LogP contribution in [0, 0.1) is 0 Å². The number of phenolic OH excluding ortho intramolecular Hbond substituents is 1. The Kier molecular flexibility index (Phi) is 12.0. The van der Waals surface area contributed by atoms with E-state index in [9.17, 15) is 24.9 Å². The van der Waals surface area contributed by atoms with E-state index in [1.54, 1.807) is 12.1 Å². The van der Waals surface area contributed by atoms with Gasteiger partial charge in [0.05, 0.1) is 24.3 Å². The van der Waals surface area contributed by atoms with Crippen molar-refractivity contribution in [2.45, 2.75) is 57.1 Å². The minimum atomic E-state index is -1.07. The van der Waals surface area contributed by atoms with Gasteiger partial charge >= 0.3 is 6.09 Å². The summed E-state index contributed by atoms with van der Waals surface area (Å²) >= 11 is 0. The van der Waals surface area contributed by atoms with Crippen molar-refractivity contribution in [2.24, 2.45) is 0 Å². The molecule has 0 saturated heterocycles. The lowest BCUT2D eigenvalue weighted by Crippen LogP contribution is -2.27. The Morgan fingerprint density at radius 3 is 2.33 bits per heavy atom. The van der Waals surface area contributed by atoms with Crippen LogP contribution in [0.25, 0.3) is 10.9 Å². The van der Waals surface area contributed by atoms with Gasteiger partial charge < -0.3 is 35.7 Å². The summed E-state index contributed by atoms with van der Waals surface area (Å²) in [5, 5.41) is 36.5. The van der Waals surface area contributed by atoms with Crippen LogP contribution >= 0.6 is 0 Å². The maximum atomic E-state index is 11.6. The van der Waals surface area contributed by atoms with Crippen LogP contribution in [0.3, 0.4) is 0 Å². The van der Waals surface area contributed by atoms with Crippen molar-refractivity contribution in [1.82, 2.24) is 15.6 Å². The number of phenols is 1. The van der Waals surface area contributed by atoms with Crippen molar-refractivity contribution in [2.75, 3.05) is 19.7 Å². The van der Waals surface area contributed by atoms with E-state index in [4.69, 9.17) is 4.74 Å². The number of fused-ring (bicyclic) bond motifs is 1. The lowest BCUT2D eigenvalue weighted by atomic mass is 9.98. The molecule has 0 fully saturated rings. The fraction of sp³-hybridized carbons (Fsp3) is 0.353. The second-order valence-electron chi connectivity index (χ2n) is 10.7. The van der Waals surface area contributed by atoms with Gasteiger partial charge in [-0.15, -0.1) is 0 Å². The van der Waals surface area contributed by atoms with Crippen LogP contribution in [-0.2, 0) is 0 Å². The number of carbonyl (C=O) groups is 1. The highest BCUT2D eigenvalue weighted by Gasteiger charge is 2.17. The average Bonchev–Trinajstić information content (AvgIpc) is 3.01. The number of unbranched alkanes of at least 4 members (excludes halogenated alkanes) is 6. The van der Waals surface area contributed by atoms with Crippen molar-refractivity contribution in [3.05, 3.63) is 106 Å². The summed E-state index contributed by atoms with van der Waals surface area (Å²) in [6.45, 7) is 1.82. The number of hydrogen-bond acceptors (Lipinski definition) is 6. The molecule has 0 aliphatic rings. The van der Waals surface area contributed by atoms with Gasteiger partial charge in [-0.3, -0.25) is 4.79 Å². The standard InChI is InChI=1S/C34H41N3O6/c38-29-18-16-27(28-17-19-31(40)36-33(28)29)30(39)23-35-20-9-4-2-1-3-5-10-21-43-26-15-11-14-25(22-26)32(37-34(41)42)24-12-7-6-8-13-24/h6-8,11-19,22,30,32,35,37-39H,1-5,9-10,20-21,23H2,(H,36,40)(H,41,42)/t30-,32?/m1/s1. The first-order valence-corrected chi connectivity index (χ1v) is 14.9. The first-order chi connectivity index (χ1) is 20.9. The molecule has 1 unspecified atom stereocenters. The summed E-state index contributed by atoms with van der Waals surface area (Å²) in [5.41, 5.74) is 2.42. The Morgan fingerprint density at radius 2 is 1.56 bits per heavy atom. The Labute approximate surface area is 251 Å². The van der Waals surface area contributed by atoms with Gasteiger partial charge in [-0.05, 0) is 60.3 Å². The third-order valence-electron chi connectivity index (χ3n) is 7.46. The zero-order valence-corrected chi connectivity index (χ0v) is 24.3. The lowest BCUT2D eigenvalue weighted by Gasteiger charge is -2.19. The number of pyridine rings is 1. The molecule has 2 atom stereocenters. The molecule has 6 N–H and O–H groups in total. The molecule has 1 amide bonds. The summed E-state index contributed by atoms with van der Waals surface area (Å²) in [7, 11) is 0. The molecule has 9 nitrogen and oxygen atoms in total. The maximum Gasteiger partial charge on any atom is 0.405 e. The number of benzene rings is 3. The summed E-state index contributed by atoms with van der Waals surface area (Å²) in [4.78, 5) is 25.6. The van der Waals surface area contributed by atoms with Gasteiger partial charge in [-0.2, -0.15) is 0 Å². The van der Waals surface area contributed by atoms with Gasteiger partial charge in [0, 0.05) is 18.0 Å². The molecule has 0 saturated carbocycles. The Balaban J connectivity index is 1.07. The van der Waals surface area contributed by atoms with E-state index in [1.807, 2.05) is 54.6 Å². The Hall–Kier alpha value is -4.34. The first kappa shape index (κ1) is 31.6. The molecule has 43 heavy (non-hydrogen) atoms. The maximum absolute atomic E-state index is 11.6. The predicted molar refractivity (Wildman–Crippen MR) is 168 cm³/mol. The van der Waals surface area contributed by atoms with E-state index in [2.05, 4.69) is 15.6 Å². The summed E-state index contributed by atoms with van der Waals surface area (Å²) in [6, 6.07) is 22.8. The van der Waals surface area contributed by atoms with Crippen LogP contribution in [0.5, 0.6) is 11.5 Å². The van der Waals surface area contributed by atoms with E-state index >= 15 is 0 Å². The molecular weight excluding hydrogens is 546 g/mol. The molecule has 1 aromatic heterocycles. The number of aromatic amines is 1. The molecule has 1 heterocycles. The number of rotatable bonds is 17. The highest BCUT2D eigenvalue weighted by atomic mass is 16.5. The minimum Gasteiger partial charge on any atom is -0.506 e. The second kappa shape index (κ2) is 16.3. The molecule has 0 spiro atoms. The van der Waals surface area contributed by atoms with Crippen LogP contribution in [0.1, 0.15) is 73.8 Å². The van der Waals surface area contributed by atoms with Gasteiger partial charge in [0.1, 0.15) is 11.5 Å². The minimum absolute atomic E-state index is 0.0149. The van der Waals surface area contributed by atoms with Gasteiger partial charge in [0.25, 0.3) is 0 Å². The van der Waals surface area contributed by atoms with E-state index in [1.165, 1.54) is 12.1 Å². The number of H-pyrrole nitrogens is 1. The first-order valence-electron chi connectivity index (χ1n) is 14.9. The topological polar surface area (TPSA) is 144 Å². The molecule has 3 aromatic carbocycles. The number of amides is 1. The predicted octanol–water partition coefficient (Wildman–Crippen LogP) is 6.02. The Bertz CT molecular complexity index is 1510. The number of nitrogens with one attached hydrogen (secondary N) is 3. The summed E-state index contributed by atoms with van der Waals surface area (Å²) in [5.74, 6) is 0.718. The Morgan fingerprint density at radius 1 is 0.837 bits per heavy atom. The number of aliphatic hydroxyl groups excluding tert-OH is 1. The van der Waals surface area contributed by atoms with E-state index < -0.39 is 18.2 Å². The number of ether oxygens (including phenoxy) is 1. The van der Waals surface area contributed by atoms with Crippen LogP contribution < -0.4 is 20.9 Å². The van der Waals surface area contributed by atoms with Crippen LogP contribution in [-0.4, -0.2) is 46.1 Å². The van der Waals surface area contributed by atoms with Gasteiger partial charge in [-0.25, -0.2) is 4.79 Å². The second-order valence-corrected chi connectivity index (χ2v) is 10.7. The molecule has 228 valence electrons. The third kappa shape index (κ3) is 9.59. The highest BCUT2D eigenvalue weighted by molar-refractivity contribution is 5.87. The number of aromatic nitrogens is 1.